The molecule has 108 valence electrons. The molecule has 1 N–H and O–H groups in total. The van der Waals surface area contributed by atoms with E-state index in [0.29, 0.717) is 11.9 Å². The standard InChI is InChI=1S/C15H26N2O2/c1-5-8-16-14(11-19-12(2)3)9-13-6-7-15(18-4)17-10-13/h6-7,10,12,14,16H,5,8-9,11H2,1-4H3. The summed E-state index contributed by atoms with van der Waals surface area (Å²) in [6, 6.07) is 4.29. The lowest BCUT2D eigenvalue weighted by Gasteiger charge is -2.20. The maximum Gasteiger partial charge on any atom is 0.212 e. The molecule has 1 aromatic rings. The lowest BCUT2D eigenvalue weighted by Crippen LogP contribution is -2.36. The highest BCUT2D eigenvalue weighted by atomic mass is 16.5. The van der Waals surface area contributed by atoms with Crippen molar-refractivity contribution in [1.82, 2.24) is 10.3 Å². The zero-order chi connectivity index (χ0) is 14.1. The first-order valence-electron chi connectivity index (χ1n) is 6.99. The summed E-state index contributed by atoms with van der Waals surface area (Å²) in [5.74, 6) is 0.653. The Morgan fingerprint density at radius 2 is 2.11 bits per heavy atom. The predicted molar refractivity (Wildman–Crippen MR) is 77.7 cm³/mol. The van der Waals surface area contributed by atoms with Gasteiger partial charge in [-0.25, -0.2) is 4.98 Å². The van der Waals surface area contributed by atoms with Crippen LogP contribution in [-0.2, 0) is 11.2 Å². The maximum absolute atomic E-state index is 5.71. The van der Waals surface area contributed by atoms with Gasteiger partial charge in [-0.1, -0.05) is 13.0 Å². The Morgan fingerprint density at radius 3 is 2.63 bits per heavy atom. The van der Waals surface area contributed by atoms with E-state index >= 15 is 0 Å². The van der Waals surface area contributed by atoms with Crippen molar-refractivity contribution >= 4 is 0 Å². The van der Waals surface area contributed by atoms with Crippen LogP contribution < -0.4 is 10.1 Å². The molecule has 0 aliphatic heterocycles. The number of pyridine rings is 1. The topological polar surface area (TPSA) is 43.4 Å². The van der Waals surface area contributed by atoms with Crippen molar-refractivity contribution < 1.29 is 9.47 Å². The zero-order valence-corrected chi connectivity index (χ0v) is 12.5. The first-order chi connectivity index (χ1) is 9.15. The summed E-state index contributed by atoms with van der Waals surface area (Å²) < 4.78 is 10.8. The van der Waals surface area contributed by atoms with E-state index in [1.165, 1.54) is 5.56 Å². The molecule has 1 atom stereocenters. The minimum Gasteiger partial charge on any atom is -0.481 e. The molecule has 0 radical (unpaired) electrons. The number of nitrogens with one attached hydrogen (secondary N) is 1. The Balaban J connectivity index is 2.53. The minimum atomic E-state index is 0.264. The second-order valence-electron chi connectivity index (χ2n) is 4.95. The minimum absolute atomic E-state index is 0.264. The third kappa shape index (κ3) is 6.55. The Bertz CT molecular complexity index is 339. The Labute approximate surface area is 116 Å². The molecule has 0 aliphatic rings. The molecular formula is C15H26N2O2. The van der Waals surface area contributed by atoms with Crippen LogP contribution in [0.5, 0.6) is 5.88 Å². The lowest BCUT2D eigenvalue weighted by molar-refractivity contribution is 0.0613. The number of hydrogen-bond acceptors (Lipinski definition) is 4. The van der Waals surface area contributed by atoms with E-state index < -0.39 is 0 Å². The van der Waals surface area contributed by atoms with Crippen molar-refractivity contribution in [3.63, 3.8) is 0 Å². The fourth-order valence-electron chi connectivity index (χ4n) is 1.78. The second kappa shape index (κ2) is 8.88. The van der Waals surface area contributed by atoms with Crippen molar-refractivity contribution in [3.05, 3.63) is 23.9 Å². The molecule has 0 aromatic carbocycles. The highest BCUT2D eigenvalue weighted by Crippen LogP contribution is 2.09. The van der Waals surface area contributed by atoms with Gasteiger partial charge in [0.15, 0.2) is 0 Å². The predicted octanol–water partition coefficient (Wildman–Crippen LogP) is 2.43. The molecule has 1 unspecified atom stereocenters. The van der Waals surface area contributed by atoms with Crippen LogP contribution in [0.15, 0.2) is 18.3 Å². The van der Waals surface area contributed by atoms with Gasteiger partial charge in [0, 0.05) is 18.3 Å². The third-order valence-electron chi connectivity index (χ3n) is 2.80. The van der Waals surface area contributed by atoms with Gasteiger partial charge in [-0.2, -0.15) is 0 Å². The van der Waals surface area contributed by atoms with Crippen molar-refractivity contribution in [1.29, 1.82) is 0 Å². The van der Waals surface area contributed by atoms with Gasteiger partial charge in [0.2, 0.25) is 5.88 Å². The second-order valence-corrected chi connectivity index (χ2v) is 4.95. The van der Waals surface area contributed by atoms with Gasteiger partial charge < -0.3 is 14.8 Å². The van der Waals surface area contributed by atoms with E-state index in [0.717, 1.165) is 26.0 Å². The summed E-state index contributed by atoms with van der Waals surface area (Å²) in [7, 11) is 1.63. The first kappa shape index (κ1) is 15.9. The van der Waals surface area contributed by atoms with E-state index in [2.05, 4.69) is 37.1 Å². The Kier molecular flexibility index (Phi) is 7.45. The molecule has 0 amide bonds. The number of aromatic nitrogens is 1. The Morgan fingerprint density at radius 1 is 1.32 bits per heavy atom. The van der Waals surface area contributed by atoms with Gasteiger partial charge in [-0.05, 0) is 38.8 Å². The molecule has 1 aromatic heterocycles. The van der Waals surface area contributed by atoms with Crippen molar-refractivity contribution in [2.75, 3.05) is 20.3 Å². The largest absolute Gasteiger partial charge is 0.481 e. The van der Waals surface area contributed by atoms with Crippen molar-refractivity contribution in [2.45, 2.75) is 45.8 Å². The lowest BCUT2D eigenvalue weighted by atomic mass is 10.1. The van der Waals surface area contributed by atoms with E-state index in [-0.39, 0.29) is 6.10 Å². The molecule has 0 bridgehead atoms. The molecule has 4 heteroatoms. The zero-order valence-electron chi connectivity index (χ0n) is 12.5. The average Bonchev–Trinajstić information content (AvgIpc) is 2.42. The van der Waals surface area contributed by atoms with Crippen LogP contribution in [0.25, 0.3) is 0 Å². The monoisotopic (exact) mass is 266 g/mol. The summed E-state index contributed by atoms with van der Waals surface area (Å²) in [6.07, 6.45) is 4.18. The molecule has 0 fully saturated rings. The summed E-state index contributed by atoms with van der Waals surface area (Å²) >= 11 is 0. The van der Waals surface area contributed by atoms with Gasteiger partial charge in [0.25, 0.3) is 0 Å². The van der Waals surface area contributed by atoms with Crippen LogP contribution in [0.4, 0.5) is 0 Å². The maximum atomic E-state index is 5.71. The smallest absolute Gasteiger partial charge is 0.212 e. The van der Waals surface area contributed by atoms with E-state index in [4.69, 9.17) is 9.47 Å². The molecular weight excluding hydrogens is 240 g/mol. The van der Waals surface area contributed by atoms with Gasteiger partial charge >= 0.3 is 0 Å². The molecule has 1 heterocycles. The Hall–Kier alpha value is -1.13. The van der Waals surface area contributed by atoms with Crippen LogP contribution in [0.1, 0.15) is 32.8 Å². The average molecular weight is 266 g/mol. The number of hydrogen-bond donors (Lipinski definition) is 1. The molecule has 0 spiro atoms. The number of ether oxygens (including phenoxy) is 2. The molecule has 1 rings (SSSR count). The highest BCUT2D eigenvalue weighted by Gasteiger charge is 2.10. The van der Waals surface area contributed by atoms with Crippen LogP contribution in [-0.4, -0.2) is 37.4 Å². The van der Waals surface area contributed by atoms with Gasteiger partial charge in [0.05, 0.1) is 19.8 Å². The summed E-state index contributed by atoms with van der Waals surface area (Å²) in [5.41, 5.74) is 1.20. The highest BCUT2D eigenvalue weighted by molar-refractivity contribution is 5.18. The fourth-order valence-corrected chi connectivity index (χ4v) is 1.78. The fraction of sp³-hybridized carbons (Fsp3) is 0.667. The van der Waals surface area contributed by atoms with Gasteiger partial charge in [-0.3, -0.25) is 0 Å². The van der Waals surface area contributed by atoms with Crippen LogP contribution in [0.3, 0.4) is 0 Å². The number of nitrogens with zero attached hydrogens (tertiary/aromatic N) is 1. The molecule has 19 heavy (non-hydrogen) atoms. The van der Waals surface area contributed by atoms with E-state index in [1.807, 2.05) is 12.3 Å². The van der Waals surface area contributed by atoms with Crippen LogP contribution >= 0.6 is 0 Å². The first-order valence-corrected chi connectivity index (χ1v) is 6.99. The number of rotatable bonds is 9. The van der Waals surface area contributed by atoms with Crippen molar-refractivity contribution in [2.24, 2.45) is 0 Å². The molecule has 0 saturated heterocycles. The number of methoxy groups -OCH3 is 1. The van der Waals surface area contributed by atoms with Gasteiger partial charge in [0.1, 0.15) is 0 Å². The summed E-state index contributed by atoms with van der Waals surface area (Å²) in [5, 5.41) is 3.52. The summed E-state index contributed by atoms with van der Waals surface area (Å²) in [6.45, 7) is 8.03. The van der Waals surface area contributed by atoms with Crippen LogP contribution in [0, 0.1) is 0 Å². The molecule has 0 aliphatic carbocycles. The van der Waals surface area contributed by atoms with E-state index in [9.17, 15) is 0 Å². The quantitative estimate of drug-likeness (QED) is 0.745. The van der Waals surface area contributed by atoms with Gasteiger partial charge in [-0.15, -0.1) is 0 Å². The van der Waals surface area contributed by atoms with Crippen LogP contribution in [0.2, 0.25) is 0 Å². The SMILES string of the molecule is CCCNC(COC(C)C)Cc1ccc(OC)nc1. The molecule has 4 nitrogen and oxygen atoms in total. The third-order valence-corrected chi connectivity index (χ3v) is 2.80. The summed E-state index contributed by atoms with van der Waals surface area (Å²) in [4.78, 5) is 4.23. The van der Waals surface area contributed by atoms with Crippen molar-refractivity contribution in [3.8, 4) is 5.88 Å². The molecule has 0 saturated carbocycles. The normalized spacial score (nSPS) is 12.7. The van der Waals surface area contributed by atoms with E-state index in [1.54, 1.807) is 7.11 Å².